The van der Waals surface area contributed by atoms with E-state index in [1.807, 2.05) is 66.8 Å². The lowest BCUT2D eigenvalue weighted by molar-refractivity contribution is -0.384. The molecule has 0 saturated heterocycles. The number of fused-ring (bicyclic) bond motifs is 8. The van der Waals surface area contributed by atoms with Gasteiger partial charge >= 0.3 is 0 Å². The Kier molecular flexibility index (Phi) is 9.69. The van der Waals surface area contributed by atoms with Crippen molar-refractivity contribution in [2.45, 2.75) is 0 Å². The lowest BCUT2D eigenvalue weighted by atomic mass is 10.0. The van der Waals surface area contributed by atoms with Gasteiger partial charge in [0.25, 0.3) is 5.69 Å². The normalized spacial score (nSPS) is 12.0. The van der Waals surface area contributed by atoms with Crippen LogP contribution < -0.4 is 0 Å². The maximum Gasteiger partial charge on any atom is 0.269 e. The molecule has 2 aliphatic rings. The third-order valence-corrected chi connectivity index (χ3v) is 11.4. The number of nitro benzene ring substituents is 1. The van der Waals surface area contributed by atoms with Crippen LogP contribution in [0.1, 0.15) is 22.8 Å². The predicted molar refractivity (Wildman–Crippen MR) is 237 cm³/mol. The molecular weight excluding hydrogens is 843 g/mol. The summed E-state index contributed by atoms with van der Waals surface area (Å²) in [6.07, 6.45) is 7.69. The minimum absolute atomic E-state index is 0.0337. The van der Waals surface area contributed by atoms with Gasteiger partial charge in [-0.1, -0.05) is 87.8 Å². The molecule has 2 N–H and O–H groups in total. The Morgan fingerprint density at radius 1 is 0.439 bits per heavy atom. The number of aromatic amines is 2. The second-order valence-corrected chi connectivity index (χ2v) is 15.7. The largest absolute Gasteiger partial charge is 0.354 e. The van der Waals surface area contributed by atoms with Gasteiger partial charge in [0, 0.05) is 88.2 Å². The zero-order valence-corrected chi connectivity index (χ0v) is 33.6. The fourth-order valence-corrected chi connectivity index (χ4v) is 8.69. The van der Waals surface area contributed by atoms with Crippen molar-refractivity contribution >= 4 is 122 Å². The van der Waals surface area contributed by atoms with Crippen molar-refractivity contribution < 1.29 is 4.92 Å². The van der Waals surface area contributed by atoms with E-state index in [4.69, 9.17) is 79.6 Å². The Bertz CT molecular complexity index is 3030. The summed E-state index contributed by atoms with van der Waals surface area (Å²) in [5.41, 5.74) is 10.9. The van der Waals surface area contributed by atoms with Gasteiger partial charge in [-0.2, -0.15) is 0 Å². The number of non-ortho nitro benzene ring substituents is 1. The van der Waals surface area contributed by atoms with Crippen molar-refractivity contribution in [1.29, 1.82) is 0 Å². The number of H-pyrrole nitrogens is 2. The first kappa shape index (κ1) is 37.2. The minimum atomic E-state index is -0.428. The van der Waals surface area contributed by atoms with Crippen LogP contribution in [0.4, 0.5) is 5.69 Å². The summed E-state index contributed by atoms with van der Waals surface area (Å²) in [6.45, 7) is 0. The monoisotopic (exact) mass is 863 g/mol. The van der Waals surface area contributed by atoms with Crippen LogP contribution in [0.25, 0.3) is 90.9 Å². The van der Waals surface area contributed by atoms with E-state index < -0.39 is 4.92 Å². The van der Waals surface area contributed by atoms with Crippen LogP contribution in [-0.2, 0) is 0 Å². The third-order valence-electron chi connectivity index (χ3n) is 9.72. The van der Waals surface area contributed by atoms with E-state index in [1.165, 1.54) is 12.1 Å². The number of nitrogens with zero attached hydrogens (tertiary/aromatic N) is 3. The van der Waals surface area contributed by atoms with Crippen LogP contribution in [0.3, 0.4) is 0 Å². The lowest BCUT2D eigenvalue weighted by Crippen LogP contribution is -1.91. The Balaban J connectivity index is 1.48. The highest BCUT2D eigenvalue weighted by Crippen LogP contribution is 2.42. The zero-order valence-electron chi connectivity index (χ0n) is 29.1. The maximum absolute atomic E-state index is 11.6. The van der Waals surface area contributed by atoms with Crippen LogP contribution in [0.15, 0.2) is 103 Å². The molecule has 57 heavy (non-hydrogen) atoms. The molecule has 7 aromatic rings. The van der Waals surface area contributed by atoms with Crippen LogP contribution in [0.2, 0.25) is 30.1 Å². The fraction of sp³-hybridized carbons (Fsp3) is 0. The summed E-state index contributed by atoms with van der Waals surface area (Å²) in [4.78, 5) is 28.9. The summed E-state index contributed by atoms with van der Waals surface area (Å²) in [5, 5.41) is 14.4. The lowest BCUT2D eigenvalue weighted by Gasteiger charge is -2.09. The highest BCUT2D eigenvalue weighted by Gasteiger charge is 2.22. The first-order chi connectivity index (χ1) is 27.5. The van der Waals surface area contributed by atoms with E-state index in [-0.39, 0.29) is 5.69 Å². The van der Waals surface area contributed by atoms with Crippen LogP contribution in [0.5, 0.6) is 0 Å². The molecule has 9 rings (SSSR count). The molecule has 8 bridgehead atoms. The van der Waals surface area contributed by atoms with Crippen molar-refractivity contribution in [3.63, 3.8) is 0 Å². The van der Waals surface area contributed by atoms with E-state index in [0.717, 1.165) is 5.56 Å². The summed E-state index contributed by atoms with van der Waals surface area (Å²) in [6, 6.07) is 30.2. The highest BCUT2D eigenvalue weighted by atomic mass is 35.5. The maximum atomic E-state index is 11.6. The van der Waals surface area contributed by atoms with Crippen molar-refractivity contribution in [3.8, 4) is 44.5 Å². The molecule has 5 heterocycles. The first-order valence-corrected chi connectivity index (χ1v) is 19.6. The molecule has 0 radical (unpaired) electrons. The molecule has 4 aromatic carbocycles. The SMILES string of the molecule is O=[N+]([O-])c1ccc(-c2c3nc(c(-c4ccc(Cl)cc4Cl)c4ccc([nH]4)c(-c4ccc(Cl)cc4Cl)c4nc(c(-c5ccc(Cl)cc5Cl)c5ccc2[nH]5)C=C4)C=C3)cc1. The molecule has 0 atom stereocenters. The molecular formula is C44H23Cl6N5O2. The van der Waals surface area contributed by atoms with Crippen molar-refractivity contribution in [3.05, 3.63) is 166 Å². The Labute approximate surface area is 355 Å². The molecule has 0 unspecified atom stereocenters. The van der Waals surface area contributed by atoms with Crippen LogP contribution in [-0.4, -0.2) is 24.9 Å². The molecule has 0 saturated carbocycles. The van der Waals surface area contributed by atoms with Crippen LogP contribution in [0, 0.1) is 10.1 Å². The van der Waals surface area contributed by atoms with Crippen molar-refractivity contribution in [2.75, 3.05) is 0 Å². The minimum Gasteiger partial charge on any atom is -0.354 e. The molecule has 2 aliphatic heterocycles. The molecule has 3 aromatic heterocycles. The quantitative estimate of drug-likeness (QED) is 0.133. The molecule has 278 valence electrons. The number of hydrogen-bond acceptors (Lipinski definition) is 4. The van der Waals surface area contributed by atoms with Gasteiger partial charge in [-0.15, -0.1) is 0 Å². The van der Waals surface area contributed by atoms with Crippen molar-refractivity contribution in [1.82, 2.24) is 19.9 Å². The number of rotatable bonds is 5. The predicted octanol–water partition coefficient (Wildman–Crippen LogP) is 15.2. The molecule has 0 amide bonds. The van der Waals surface area contributed by atoms with E-state index in [1.54, 1.807) is 48.5 Å². The van der Waals surface area contributed by atoms with Gasteiger partial charge in [0.05, 0.1) is 42.8 Å². The van der Waals surface area contributed by atoms with Gasteiger partial charge in [0.2, 0.25) is 0 Å². The molecule has 13 heteroatoms. The van der Waals surface area contributed by atoms with Gasteiger partial charge in [-0.3, -0.25) is 10.1 Å². The van der Waals surface area contributed by atoms with Gasteiger partial charge in [-0.25, -0.2) is 9.97 Å². The number of hydrogen-bond donors (Lipinski definition) is 2. The third kappa shape index (κ3) is 6.91. The molecule has 0 spiro atoms. The molecule has 0 aliphatic carbocycles. The van der Waals surface area contributed by atoms with Gasteiger partial charge in [0.1, 0.15) is 0 Å². The standard InChI is InChI=1S/C44H23Cl6N5O2/c45-23-3-8-27(30(48)19-23)42-35-13-11-33(51-35)41(22-1-6-26(7-2-22)55(56)57)34-12-14-36(52-34)43(28-9-4-24(46)20-31(28)49)38-16-18-40(54-38)44(39-17-15-37(42)53-39)29-10-5-25(47)21-32(29)50/h1-21,51,54H. The smallest absolute Gasteiger partial charge is 0.269 e. The molecule has 7 nitrogen and oxygen atoms in total. The summed E-state index contributed by atoms with van der Waals surface area (Å²) < 4.78 is 0. The van der Waals surface area contributed by atoms with Gasteiger partial charge in [-0.05, 0) is 103 Å². The Hall–Kier alpha value is -5.38. The van der Waals surface area contributed by atoms with E-state index in [2.05, 4.69) is 9.97 Å². The fourth-order valence-electron chi connectivity index (χ4n) is 7.19. The van der Waals surface area contributed by atoms with E-state index in [0.29, 0.717) is 114 Å². The summed E-state index contributed by atoms with van der Waals surface area (Å²) in [5.74, 6) is 0. The summed E-state index contributed by atoms with van der Waals surface area (Å²) >= 11 is 39.9. The second kappa shape index (κ2) is 14.8. The zero-order chi connectivity index (χ0) is 39.5. The average molecular weight is 866 g/mol. The molecule has 0 fully saturated rings. The number of aromatic nitrogens is 4. The van der Waals surface area contributed by atoms with Crippen molar-refractivity contribution in [2.24, 2.45) is 0 Å². The second-order valence-electron chi connectivity index (χ2n) is 13.2. The number of nitrogens with one attached hydrogen (secondary N) is 2. The Morgan fingerprint density at radius 2 is 0.772 bits per heavy atom. The van der Waals surface area contributed by atoms with E-state index >= 15 is 0 Å². The van der Waals surface area contributed by atoms with Gasteiger partial charge in [0.15, 0.2) is 0 Å². The topological polar surface area (TPSA) is 100 Å². The first-order valence-electron chi connectivity index (χ1n) is 17.3. The van der Waals surface area contributed by atoms with E-state index in [9.17, 15) is 10.1 Å². The Morgan fingerprint density at radius 3 is 1.11 bits per heavy atom. The number of nitro groups is 1. The average Bonchev–Trinajstić information content (AvgIpc) is 4.02. The highest BCUT2D eigenvalue weighted by molar-refractivity contribution is 6.38. The number of halogens is 6. The van der Waals surface area contributed by atoms with Gasteiger partial charge < -0.3 is 9.97 Å². The summed E-state index contributed by atoms with van der Waals surface area (Å²) in [7, 11) is 0. The van der Waals surface area contributed by atoms with Crippen LogP contribution >= 0.6 is 69.6 Å². The number of benzene rings is 4.